The van der Waals surface area contributed by atoms with Gasteiger partial charge in [0.15, 0.2) is 0 Å². The minimum absolute atomic E-state index is 0.461. The highest BCUT2D eigenvalue weighted by Gasteiger charge is 2.31. The van der Waals surface area contributed by atoms with E-state index in [0.717, 1.165) is 19.4 Å². The monoisotopic (exact) mass is 174 g/mol. The topological polar surface area (TPSA) is 67.5 Å². The molecule has 0 saturated carbocycles. The fourth-order valence-corrected chi connectivity index (χ4v) is 1.28. The van der Waals surface area contributed by atoms with E-state index in [9.17, 15) is 5.11 Å². The van der Waals surface area contributed by atoms with Gasteiger partial charge in [0.2, 0.25) is 0 Å². The molecule has 12 heavy (non-hydrogen) atoms. The molecule has 0 aliphatic carbocycles. The van der Waals surface area contributed by atoms with Crippen LogP contribution in [0.4, 0.5) is 0 Å². The zero-order valence-electron chi connectivity index (χ0n) is 7.38. The van der Waals surface area contributed by atoms with E-state index >= 15 is 0 Å². The summed E-state index contributed by atoms with van der Waals surface area (Å²) in [5.74, 6) is 0. The molecule has 0 aromatic carbocycles. The number of nitrogens with one attached hydrogen (secondary N) is 1. The Morgan fingerprint density at radius 2 is 2.42 bits per heavy atom. The molecule has 0 amide bonds. The SMILES string of the molecule is NCCCNCC1(O)CCOC1. The zero-order chi connectivity index (χ0) is 8.86. The Morgan fingerprint density at radius 3 is 3.00 bits per heavy atom. The normalized spacial score (nSPS) is 29.5. The molecule has 1 aliphatic rings. The van der Waals surface area contributed by atoms with Crippen molar-refractivity contribution in [2.45, 2.75) is 18.4 Å². The third-order valence-electron chi connectivity index (χ3n) is 2.09. The van der Waals surface area contributed by atoms with Crippen LogP contribution in [-0.4, -0.2) is 43.6 Å². The van der Waals surface area contributed by atoms with Crippen LogP contribution in [-0.2, 0) is 4.74 Å². The summed E-state index contributed by atoms with van der Waals surface area (Å²) in [6.07, 6.45) is 1.69. The molecule has 0 radical (unpaired) electrons. The minimum atomic E-state index is -0.630. The van der Waals surface area contributed by atoms with Crippen LogP contribution in [0.25, 0.3) is 0 Å². The lowest BCUT2D eigenvalue weighted by atomic mass is 10.0. The van der Waals surface area contributed by atoms with Crippen LogP contribution in [0, 0.1) is 0 Å². The van der Waals surface area contributed by atoms with Crippen LogP contribution in [0.3, 0.4) is 0 Å². The Balaban J connectivity index is 2.05. The third-order valence-corrected chi connectivity index (χ3v) is 2.09. The van der Waals surface area contributed by atoms with Crippen molar-refractivity contribution in [3.63, 3.8) is 0 Å². The highest BCUT2D eigenvalue weighted by Crippen LogP contribution is 2.16. The maximum absolute atomic E-state index is 9.77. The van der Waals surface area contributed by atoms with Crippen molar-refractivity contribution in [3.8, 4) is 0 Å². The minimum Gasteiger partial charge on any atom is -0.386 e. The first-order valence-electron chi connectivity index (χ1n) is 4.48. The van der Waals surface area contributed by atoms with Crippen LogP contribution >= 0.6 is 0 Å². The molecule has 0 spiro atoms. The predicted molar refractivity (Wildman–Crippen MR) is 46.9 cm³/mol. The van der Waals surface area contributed by atoms with Gasteiger partial charge in [0.05, 0.1) is 6.61 Å². The molecular weight excluding hydrogens is 156 g/mol. The maximum atomic E-state index is 9.77. The van der Waals surface area contributed by atoms with E-state index in [0.29, 0.717) is 26.3 Å². The second-order valence-electron chi connectivity index (χ2n) is 3.35. The predicted octanol–water partition coefficient (Wildman–Crippen LogP) is -0.924. The summed E-state index contributed by atoms with van der Waals surface area (Å²) >= 11 is 0. The van der Waals surface area contributed by atoms with Crippen molar-refractivity contribution >= 4 is 0 Å². The molecule has 72 valence electrons. The summed E-state index contributed by atoms with van der Waals surface area (Å²) in [7, 11) is 0. The second-order valence-corrected chi connectivity index (χ2v) is 3.35. The lowest BCUT2D eigenvalue weighted by Crippen LogP contribution is -2.41. The second kappa shape index (κ2) is 4.77. The van der Waals surface area contributed by atoms with E-state index in [4.69, 9.17) is 10.5 Å². The van der Waals surface area contributed by atoms with Crippen molar-refractivity contribution in [2.24, 2.45) is 5.73 Å². The van der Waals surface area contributed by atoms with Crippen molar-refractivity contribution in [2.75, 3.05) is 32.8 Å². The Labute approximate surface area is 73.1 Å². The summed E-state index contributed by atoms with van der Waals surface area (Å²) < 4.78 is 5.10. The van der Waals surface area contributed by atoms with Crippen LogP contribution in [0.1, 0.15) is 12.8 Å². The van der Waals surface area contributed by atoms with Gasteiger partial charge in [0.1, 0.15) is 5.60 Å². The summed E-state index contributed by atoms with van der Waals surface area (Å²) in [4.78, 5) is 0. The molecule has 1 fully saturated rings. The van der Waals surface area contributed by atoms with Crippen molar-refractivity contribution in [1.29, 1.82) is 0 Å². The number of aliphatic hydroxyl groups is 1. The number of hydrogen-bond acceptors (Lipinski definition) is 4. The van der Waals surface area contributed by atoms with Gasteiger partial charge < -0.3 is 20.9 Å². The summed E-state index contributed by atoms with van der Waals surface area (Å²) in [6.45, 7) is 3.32. The first-order valence-corrected chi connectivity index (χ1v) is 4.48. The molecule has 1 unspecified atom stereocenters. The van der Waals surface area contributed by atoms with Crippen LogP contribution in [0.15, 0.2) is 0 Å². The van der Waals surface area contributed by atoms with E-state index in [1.54, 1.807) is 0 Å². The summed E-state index contributed by atoms with van der Waals surface area (Å²) in [5, 5.41) is 12.9. The molecule has 1 rings (SSSR count). The Bertz CT molecular complexity index is 124. The highest BCUT2D eigenvalue weighted by molar-refractivity contribution is 4.84. The van der Waals surface area contributed by atoms with Gasteiger partial charge in [-0.3, -0.25) is 0 Å². The number of hydrogen-bond donors (Lipinski definition) is 3. The van der Waals surface area contributed by atoms with Crippen molar-refractivity contribution < 1.29 is 9.84 Å². The zero-order valence-corrected chi connectivity index (χ0v) is 7.38. The van der Waals surface area contributed by atoms with Gasteiger partial charge in [-0.15, -0.1) is 0 Å². The molecule has 4 heteroatoms. The van der Waals surface area contributed by atoms with Gasteiger partial charge in [-0.25, -0.2) is 0 Å². The fraction of sp³-hybridized carbons (Fsp3) is 1.00. The third kappa shape index (κ3) is 3.06. The molecule has 4 N–H and O–H groups in total. The van der Waals surface area contributed by atoms with Crippen LogP contribution < -0.4 is 11.1 Å². The molecule has 1 aliphatic heterocycles. The fourth-order valence-electron chi connectivity index (χ4n) is 1.28. The van der Waals surface area contributed by atoms with Gasteiger partial charge >= 0.3 is 0 Å². The highest BCUT2D eigenvalue weighted by atomic mass is 16.5. The lowest BCUT2D eigenvalue weighted by molar-refractivity contribution is 0.0272. The molecule has 1 atom stereocenters. The average molecular weight is 174 g/mol. The molecule has 0 bridgehead atoms. The Hall–Kier alpha value is -0.160. The molecule has 0 aromatic heterocycles. The quantitative estimate of drug-likeness (QED) is 0.471. The lowest BCUT2D eigenvalue weighted by Gasteiger charge is -2.20. The summed E-state index contributed by atoms with van der Waals surface area (Å²) in [5.41, 5.74) is 4.70. The van der Waals surface area contributed by atoms with Crippen LogP contribution in [0.2, 0.25) is 0 Å². The number of rotatable bonds is 5. The van der Waals surface area contributed by atoms with Gasteiger partial charge in [0, 0.05) is 19.6 Å². The van der Waals surface area contributed by atoms with E-state index in [1.165, 1.54) is 0 Å². The van der Waals surface area contributed by atoms with E-state index in [2.05, 4.69) is 5.32 Å². The largest absolute Gasteiger partial charge is 0.386 e. The van der Waals surface area contributed by atoms with Crippen molar-refractivity contribution in [1.82, 2.24) is 5.32 Å². The maximum Gasteiger partial charge on any atom is 0.102 e. The Kier molecular flexibility index (Phi) is 3.94. The first-order chi connectivity index (χ1) is 5.77. The van der Waals surface area contributed by atoms with Crippen LogP contribution in [0.5, 0.6) is 0 Å². The summed E-state index contributed by atoms with van der Waals surface area (Å²) in [6, 6.07) is 0. The average Bonchev–Trinajstić information content (AvgIpc) is 2.47. The molecule has 4 nitrogen and oxygen atoms in total. The standard InChI is InChI=1S/C8H18N2O2/c9-3-1-4-10-6-8(11)2-5-12-7-8/h10-11H,1-7,9H2. The van der Waals surface area contributed by atoms with Crippen molar-refractivity contribution in [3.05, 3.63) is 0 Å². The molecule has 1 saturated heterocycles. The smallest absolute Gasteiger partial charge is 0.102 e. The van der Waals surface area contributed by atoms with Gasteiger partial charge in [-0.1, -0.05) is 0 Å². The van der Waals surface area contributed by atoms with Gasteiger partial charge in [0.25, 0.3) is 0 Å². The van der Waals surface area contributed by atoms with Gasteiger partial charge in [-0.2, -0.15) is 0 Å². The number of nitrogens with two attached hydrogens (primary N) is 1. The molecule has 0 aromatic rings. The number of ether oxygens (including phenoxy) is 1. The van der Waals surface area contributed by atoms with E-state index < -0.39 is 5.60 Å². The van der Waals surface area contributed by atoms with E-state index in [1.807, 2.05) is 0 Å². The first kappa shape index (κ1) is 9.92. The Morgan fingerprint density at radius 1 is 1.58 bits per heavy atom. The van der Waals surface area contributed by atoms with E-state index in [-0.39, 0.29) is 0 Å². The molecule has 1 heterocycles. The van der Waals surface area contributed by atoms with Gasteiger partial charge in [-0.05, 0) is 19.5 Å². The molecular formula is C8H18N2O2.